The maximum absolute atomic E-state index is 13.8. The maximum atomic E-state index is 13.8. The molecule has 0 aliphatic carbocycles. The number of nitrogens with zero attached hydrogens (tertiary/aromatic N) is 1. The molecule has 2 aromatic carbocycles. The molecule has 1 aliphatic rings. The van der Waals surface area contributed by atoms with Gasteiger partial charge in [0.2, 0.25) is 0 Å². The number of likely N-dealkylation sites (tertiary alicyclic amines) is 1. The van der Waals surface area contributed by atoms with Crippen molar-refractivity contribution in [3.63, 3.8) is 0 Å². The van der Waals surface area contributed by atoms with Crippen LogP contribution in [0.1, 0.15) is 23.5 Å². The summed E-state index contributed by atoms with van der Waals surface area (Å²) < 4.78 is 13.8. The molecule has 1 aliphatic heterocycles. The molecule has 3 rings (SSSR count). The van der Waals surface area contributed by atoms with Gasteiger partial charge in [-0.1, -0.05) is 48.5 Å². The summed E-state index contributed by atoms with van der Waals surface area (Å²) in [7, 11) is 2.17. The number of hydrogen-bond acceptors (Lipinski definition) is 2. The Kier molecular flexibility index (Phi) is 4.86. The minimum Gasteiger partial charge on any atom is -0.309 e. The van der Waals surface area contributed by atoms with E-state index in [2.05, 4.69) is 47.6 Å². The lowest BCUT2D eigenvalue weighted by molar-refractivity contribution is 0.205. The summed E-state index contributed by atoms with van der Waals surface area (Å²) in [5.41, 5.74) is 2.10. The molecule has 0 unspecified atom stereocenters. The smallest absolute Gasteiger partial charge is 0.127 e. The van der Waals surface area contributed by atoms with Crippen molar-refractivity contribution in [1.29, 1.82) is 0 Å². The van der Waals surface area contributed by atoms with Crippen molar-refractivity contribution in [3.8, 4) is 0 Å². The van der Waals surface area contributed by atoms with Crippen LogP contribution in [0.5, 0.6) is 0 Å². The Morgan fingerprint density at radius 2 is 1.82 bits per heavy atom. The van der Waals surface area contributed by atoms with Crippen LogP contribution in [0.4, 0.5) is 4.39 Å². The van der Waals surface area contributed by atoms with E-state index in [-0.39, 0.29) is 5.82 Å². The van der Waals surface area contributed by atoms with Crippen molar-refractivity contribution in [2.75, 3.05) is 20.1 Å². The van der Waals surface area contributed by atoms with Gasteiger partial charge in [-0.25, -0.2) is 4.39 Å². The lowest BCUT2D eigenvalue weighted by Gasteiger charge is -2.37. The van der Waals surface area contributed by atoms with Crippen LogP contribution in [0.25, 0.3) is 0 Å². The van der Waals surface area contributed by atoms with Crippen LogP contribution in [0.2, 0.25) is 0 Å². The fourth-order valence-electron chi connectivity index (χ4n) is 3.28. The van der Waals surface area contributed by atoms with Crippen LogP contribution in [-0.2, 0) is 6.54 Å². The summed E-state index contributed by atoms with van der Waals surface area (Å²) in [6, 6.07) is 18.0. The van der Waals surface area contributed by atoms with Gasteiger partial charge in [-0.15, -0.1) is 0 Å². The first-order valence-corrected chi connectivity index (χ1v) is 7.94. The predicted molar refractivity (Wildman–Crippen MR) is 88.3 cm³/mol. The van der Waals surface area contributed by atoms with Gasteiger partial charge in [-0.05, 0) is 31.6 Å². The molecule has 2 atom stereocenters. The van der Waals surface area contributed by atoms with Crippen LogP contribution in [-0.4, -0.2) is 31.1 Å². The summed E-state index contributed by atoms with van der Waals surface area (Å²) in [6.07, 6.45) is 1.09. The zero-order chi connectivity index (χ0) is 15.4. The van der Waals surface area contributed by atoms with E-state index in [9.17, 15) is 4.39 Å². The summed E-state index contributed by atoms with van der Waals surface area (Å²) in [6.45, 7) is 2.71. The molecule has 0 amide bonds. The molecule has 1 saturated heterocycles. The maximum Gasteiger partial charge on any atom is 0.127 e. The average Bonchev–Trinajstić information content (AvgIpc) is 2.56. The highest BCUT2D eigenvalue weighted by Crippen LogP contribution is 2.27. The second-order valence-electron chi connectivity index (χ2n) is 6.15. The third-order valence-electron chi connectivity index (χ3n) is 4.56. The first-order valence-electron chi connectivity index (χ1n) is 7.94. The monoisotopic (exact) mass is 298 g/mol. The molecule has 0 bridgehead atoms. The Morgan fingerprint density at radius 3 is 2.59 bits per heavy atom. The molecule has 1 heterocycles. The van der Waals surface area contributed by atoms with Crippen molar-refractivity contribution >= 4 is 0 Å². The summed E-state index contributed by atoms with van der Waals surface area (Å²) in [4.78, 5) is 2.37. The highest BCUT2D eigenvalue weighted by atomic mass is 19.1. The van der Waals surface area contributed by atoms with Gasteiger partial charge in [-0.3, -0.25) is 0 Å². The number of halogens is 1. The molecule has 22 heavy (non-hydrogen) atoms. The fraction of sp³-hybridized carbons (Fsp3) is 0.368. The molecule has 2 nitrogen and oxygen atoms in total. The Labute approximate surface area is 132 Å². The quantitative estimate of drug-likeness (QED) is 0.930. The lowest BCUT2D eigenvalue weighted by atomic mass is 9.86. The molecule has 0 saturated carbocycles. The predicted octanol–water partition coefficient (Wildman–Crippen LogP) is 3.40. The van der Waals surface area contributed by atoms with Crippen molar-refractivity contribution in [2.45, 2.75) is 24.9 Å². The van der Waals surface area contributed by atoms with E-state index in [4.69, 9.17) is 0 Å². The average molecular weight is 298 g/mol. The Hall–Kier alpha value is -1.71. The van der Waals surface area contributed by atoms with Gasteiger partial charge in [0.25, 0.3) is 0 Å². The van der Waals surface area contributed by atoms with E-state index in [0.717, 1.165) is 25.1 Å². The largest absolute Gasteiger partial charge is 0.309 e. The van der Waals surface area contributed by atoms with Crippen LogP contribution in [0.3, 0.4) is 0 Å². The van der Waals surface area contributed by atoms with Gasteiger partial charge in [0, 0.05) is 30.6 Å². The molecular formula is C19H23FN2. The zero-order valence-corrected chi connectivity index (χ0v) is 13.0. The fourth-order valence-corrected chi connectivity index (χ4v) is 3.28. The molecule has 0 spiro atoms. The topological polar surface area (TPSA) is 15.3 Å². The van der Waals surface area contributed by atoms with Gasteiger partial charge in [0.05, 0.1) is 0 Å². The SMILES string of the molecule is CN1CC[C@@H](NCc2ccccc2F)[C@H](c2ccccc2)C1. The van der Waals surface area contributed by atoms with E-state index >= 15 is 0 Å². The summed E-state index contributed by atoms with van der Waals surface area (Å²) in [5.74, 6) is 0.325. The van der Waals surface area contributed by atoms with Gasteiger partial charge >= 0.3 is 0 Å². The molecule has 0 aromatic heterocycles. The van der Waals surface area contributed by atoms with E-state index in [1.54, 1.807) is 6.07 Å². The second kappa shape index (κ2) is 7.03. The summed E-state index contributed by atoms with van der Waals surface area (Å²) in [5, 5.41) is 3.58. The van der Waals surface area contributed by atoms with Gasteiger partial charge in [0.15, 0.2) is 0 Å². The minimum absolute atomic E-state index is 0.126. The standard InChI is InChI=1S/C19H23FN2/c1-22-12-11-19(17(14-22)15-7-3-2-4-8-15)21-13-16-9-5-6-10-18(16)20/h2-10,17,19,21H,11-14H2,1H3/t17-,19+/m0/s1. The number of rotatable bonds is 4. The third-order valence-corrected chi connectivity index (χ3v) is 4.56. The Morgan fingerprint density at radius 1 is 1.09 bits per heavy atom. The molecular weight excluding hydrogens is 275 g/mol. The van der Waals surface area contributed by atoms with Crippen LogP contribution in [0.15, 0.2) is 54.6 Å². The molecule has 0 radical (unpaired) electrons. The highest BCUT2D eigenvalue weighted by molar-refractivity contribution is 5.23. The van der Waals surface area contributed by atoms with E-state index in [1.165, 1.54) is 11.6 Å². The van der Waals surface area contributed by atoms with Gasteiger partial charge in [0.1, 0.15) is 5.82 Å². The zero-order valence-electron chi connectivity index (χ0n) is 13.0. The normalized spacial score (nSPS) is 22.6. The first kappa shape index (κ1) is 15.2. The van der Waals surface area contributed by atoms with Crippen molar-refractivity contribution in [2.24, 2.45) is 0 Å². The van der Waals surface area contributed by atoms with Crippen LogP contribution < -0.4 is 5.32 Å². The number of hydrogen-bond donors (Lipinski definition) is 1. The van der Waals surface area contributed by atoms with E-state index in [1.807, 2.05) is 12.1 Å². The van der Waals surface area contributed by atoms with E-state index < -0.39 is 0 Å². The molecule has 116 valence electrons. The van der Waals surface area contributed by atoms with E-state index in [0.29, 0.717) is 18.5 Å². The number of piperidine rings is 1. The number of nitrogens with one attached hydrogen (secondary N) is 1. The third kappa shape index (κ3) is 3.54. The van der Waals surface area contributed by atoms with Crippen molar-refractivity contribution in [3.05, 3.63) is 71.5 Å². The molecule has 1 N–H and O–H groups in total. The van der Waals surface area contributed by atoms with Gasteiger partial charge < -0.3 is 10.2 Å². The Bertz CT molecular complexity index is 599. The molecule has 2 aromatic rings. The lowest BCUT2D eigenvalue weighted by Crippen LogP contribution is -2.46. The Balaban J connectivity index is 1.72. The number of benzene rings is 2. The minimum atomic E-state index is -0.126. The van der Waals surface area contributed by atoms with Crippen LogP contribution >= 0.6 is 0 Å². The summed E-state index contributed by atoms with van der Waals surface area (Å²) >= 11 is 0. The molecule has 3 heteroatoms. The second-order valence-corrected chi connectivity index (χ2v) is 6.15. The first-order chi connectivity index (χ1) is 10.7. The van der Waals surface area contributed by atoms with Gasteiger partial charge in [-0.2, -0.15) is 0 Å². The van der Waals surface area contributed by atoms with Crippen molar-refractivity contribution < 1.29 is 4.39 Å². The number of likely N-dealkylation sites (N-methyl/N-ethyl adjacent to an activating group) is 1. The van der Waals surface area contributed by atoms with Crippen molar-refractivity contribution in [1.82, 2.24) is 10.2 Å². The molecule has 1 fully saturated rings. The highest BCUT2D eigenvalue weighted by Gasteiger charge is 2.28. The van der Waals surface area contributed by atoms with Crippen LogP contribution in [0, 0.1) is 5.82 Å².